The molecule has 0 saturated carbocycles. The number of carboxylic acids is 1. The molecule has 2 rings (SSSR count). The number of anilines is 1. The first kappa shape index (κ1) is 15.5. The minimum Gasteiger partial charge on any atom is -0.480 e. The molecule has 2 N–H and O–H groups in total. The van der Waals surface area contributed by atoms with Gasteiger partial charge in [-0.3, -0.25) is 9.59 Å². The van der Waals surface area contributed by atoms with Crippen LogP contribution < -0.4 is 9.62 Å². The molecule has 1 aromatic carbocycles. The largest absolute Gasteiger partial charge is 0.480 e. The van der Waals surface area contributed by atoms with E-state index in [1.807, 2.05) is 9.62 Å². The second-order valence-corrected chi connectivity index (χ2v) is 6.50. The van der Waals surface area contributed by atoms with Gasteiger partial charge in [-0.05, 0) is 24.3 Å². The number of rotatable bonds is 5. The van der Waals surface area contributed by atoms with Gasteiger partial charge in [0.05, 0.1) is 4.90 Å². The molecular formula is C13H16N2O5S. The molecule has 8 heteroatoms. The Labute approximate surface area is 122 Å². The molecule has 0 spiro atoms. The Morgan fingerprint density at radius 3 is 2.29 bits per heavy atom. The second-order valence-electron chi connectivity index (χ2n) is 4.74. The zero-order chi connectivity index (χ0) is 15.5. The molecule has 1 fully saturated rings. The quantitative estimate of drug-likeness (QED) is 0.806. The van der Waals surface area contributed by atoms with Crippen molar-refractivity contribution >= 4 is 27.5 Å². The average molecular weight is 312 g/mol. The van der Waals surface area contributed by atoms with Gasteiger partial charge in [0.1, 0.15) is 12.3 Å². The molecule has 21 heavy (non-hydrogen) atoms. The van der Waals surface area contributed by atoms with E-state index in [-0.39, 0.29) is 10.7 Å². The molecule has 0 radical (unpaired) electrons. The van der Waals surface area contributed by atoms with Crippen molar-refractivity contribution in [3.63, 3.8) is 0 Å². The summed E-state index contributed by atoms with van der Waals surface area (Å²) in [5.74, 6) is -1.00. The smallest absolute Gasteiger partial charge is 0.318 e. The summed E-state index contributed by atoms with van der Waals surface area (Å²) in [6.45, 7) is 0.600. The van der Waals surface area contributed by atoms with Gasteiger partial charge in [0.25, 0.3) is 0 Å². The third-order valence-electron chi connectivity index (χ3n) is 3.25. The summed E-state index contributed by atoms with van der Waals surface area (Å²) < 4.78 is 25.7. The van der Waals surface area contributed by atoms with Gasteiger partial charge in [0.15, 0.2) is 0 Å². The van der Waals surface area contributed by atoms with Crippen LogP contribution in [-0.4, -0.2) is 44.9 Å². The number of benzene rings is 1. The van der Waals surface area contributed by atoms with Crippen molar-refractivity contribution in [1.29, 1.82) is 0 Å². The van der Waals surface area contributed by atoms with Gasteiger partial charge < -0.3 is 10.0 Å². The molecule has 0 bridgehead atoms. The first-order valence-corrected chi connectivity index (χ1v) is 7.95. The zero-order valence-electron chi connectivity index (χ0n) is 11.3. The number of nitrogens with one attached hydrogen (secondary N) is 1. The maximum Gasteiger partial charge on any atom is 0.318 e. The Morgan fingerprint density at radius 2 is 1.76 bits per heavy atom. The van der Waals surface area contributed by atoms with Gasteiger partial charge in [-0.1, -0.05) is 0 Å². The van der Waals surface area contributed by atoms with E-state index in [0.29, 0.717) is 25.9 Å². The SMILES string of the molecule is O=C(O)CNS(=O)(=O)c1ccc(N2CCC(=O)CC2)cc1. The molecule has 0 aliphatic carbocycles. The summed E-state index contributed by atoms with van der Waals surface area (Å²) in [6.07, 6.45) is 1.00. The number of sulfonamides is 1. The number of aliphatic carboxylic acids is 1. The molecular weight excluding hydrogens is 296 g/mol. The van der Waals surface area contributed by atoms with Crippen LogP contribution in [0, 0.1) is 0 Å². The van der Waals surface area contributed by atoms with Gasteiger partial charge in [-0.15, -0.1) is 0 Å². The monoisotopic (exact) mass is 312 g/mol. The maximum atomic E-state index is 11.8. The highest BCUT2D eigenvalue weighted by molar-refractivity contribution is 7.89. The molecule has 7 nitrogen and oxygen atoms in total. The van der Waals surface area contributed by atoms with Crippen LogP contribution in [0.15, 0.2) is 29.2 Å². The van der Waals surface area contributed by atoms with Crippen molar-refractivity contribution in [1.82, 2.24) is 4.72 Å². The lowest BCUT2D eigenvalue weighted by Gasteiger charge is -2.28. The zero-order valence-corrected chi connectivity index (χ0v) is 12.1. The summed E-state index contributed by atoms with van der Waals surface area (Å²) in [6, 6.07) is 6.17. The van der Waals surface area contributed by atoms with Crippen LogP contribution in [0.2, 0.25) is 0 Å². The summed E-state index contributed by atoms with van der Waals surface area (Å²) >= 11 is 0. The number of nitrogens with zero attached hydrogens (tertiary/aromatic N) is 1. The van der Waals surface area contributed by atoms with Crippen LogP contribution in [0.4, 0.5) is 5.69 Å². The highest BCUT2D eigenvalue weighted by Gasteiger charge is 2.18. The van der Waals surface area contributed by atoms with Crippen molar-refractivity contribution in [2.75, 3.05) is 24.5 Å². The number of hydrogen-bond donors (Lipinski definition) is 2. The van der Waals surface area contributed by atoms with Crippen LogP contribution in [0.25, 0.3) is 0 Å². The van der Waals surface area contributed by atoms with Crippen LogP contribution in [0.5, 0.6) is 0 Å². The summed E-state index contributed by atoms with van der Waals surface area (Å²) in [5.41, 5.74) is 0.847. The maximum absolute atomic E-state index is 11.8. The fourth-order valence-corrected chi connectivity index (χ4v) is 3.07. The molecule has 1 saturated heterocycles. The van der Waals surface area contributed by atoms with E-state index in [2.05, 4.69) is 0 Å². The number of carboxylic acid groups (broad SMARTS) is 1. The van der Waals surface area contributed by atoms with E-state index in [1.165, 1.54) is 12.1 Å². The predicted molar refractivity (Wildman–Crippen MR) is 75.7 cm³/mol. The minimum absolute atomic E-state index is 0.0144. The third kappa shape index (κ3) is 4.02. The minimum atomic E-state index is -3.82. The molecule has 1 aliphatic rings. The van der Waals surface area contributed by atoms with Crippen molar-refractivity contribution in [3.8, 4) is 0 Å². The van der Waals surface area contributed by atoms with Crippen molar-refractivity contribution in [3.05, 3.63) is 24.3 Å². The van der Waals surface area contributed by atoms with Crippen LogP contribution in [0.1, 0.15) is 12.8 Å². The Kier molecular flexibility index (Phi) is 4.59. The fraction of sp³-hybridized carbons (Fsp3) is 0.385. The first-order chi connectivity index (χ1) is 9.88. The first-order valence-electron chi connectivity index (χ1n) is 6.47. The van der Waals surface area contributed by atoms with E-state index in [4.69, 9.17) is 5.11 Å². The van der Waals surface area contributed by atoms with Gasteiger partial charge in [0, 0.05) is 31.6 Å². The lowest BCUT2D eigenvalue weighted by molar-refractivity contribution is -0.135. The number of piperidine rings is 1. The lowest BCUT2D eigenvalue weighted by atomic mass is 10.1. The van der Waals surface area contributed by atoms with Gasteiger partial charge in [-0.2, -0.15) is 4.72 Å². The number of ketones is 1. The van der Waals surface area contributed by atoms with Gasteiger partial charge in [-0.25, -0.2) is 8.42 Å². The van der Waals surface area contributed by atoms with Crippen molar-refractivity contribution in [2.45, 2.75) is 17.7 Å². The topological polar surface area (TPSA) is 104 Å². The van der Waals surface area contributed by atoms with E-state index >= 15 is 0 Å². The van der Waals surface area contributed by atoms with Gasteiger partial charge in [0.2, 0.25) is 10.0 Å². The van der Waals surface area contributed by atoms with E-state index < -0.39 is 22.5 Å². The molecule has 0 atom stereocenters. The number of Topliss-reactive ketones (excluding diaryl/α,β-unsaturated/α-hetero) is 1. The number of carbonyl (C=O) groups excluding carboxylic acids is 1. The highest BCUT2D eigenvalue weighted by Crippen LogP contribution is 2.20. The standard InChI is InChI=1S/C13H16N2O5S/c16-11-5-7-15(8-6-11)10-1-3-12(4-2-10)21(19,20)14-9-13(17)18/h1-4,14H,5-9H2,(H,17,18). The molecule has 0 unspecified atom stereocenters. The van der Waals surface area contributed by atoms with Crippen LogP contribution >= 0.6 is 0 Å². The average Bonchev–Trinajstić information content (AvgIpc) is 2.46. The van der Waals surface area contributed by atoms with E-state index in [9.17, 15) is 18.0 Å². The molecule has 1 aromatic rings. The van der Waals surface area contributed by atoms with E-state index in [1.54, 1.807) is 12.1 Å². The fourth-order valence-electron chi connectivity index (χ4n) is 2.09. The molecule has 0 amide bonds. The number of carbonyl (C=O) groups is 2. The molecule has 114 valence electrons. The highest BCUT2D eigenvalue weighted by atomic mass is 32.2. The summed E-state index contributed by atoms with van der Waals surface area (Å²) in [7, 11) is -3.82. The summed E-state index contributed by atoms with van der Waals surface area (Å²) in [4.78, 5) is 23.6. The van der Waals surface area contributed by atoms with Gasteiger partial charge >= 0.3 is 5.97 Å². The summed E-state index contributed by atoms with van der Waals surface area (Å²) in [5, 5.41) is 8.50. The Balaban J connectivity index is 2.08. The van der Waals surface area contributed by atoms with Crippen molar-refractivity contribution < 1.29 is 23.1 Å². The molecule has 1 aliphatic heterocycles. The lowest BCUT2D eigenvalue weighted by Crippen LogP contribution is -2.33. The normalized spacial score (nSPS) is 16.0. The predicted octanol–water partition coefficient (Wildman–Crippen LogP) is 0.219. The molecule has 0 aromatic heterocycles. The third-order valence-corrected chi connectivity index (χ3v) is 4.66. The van der Waals surface area contributed by atoms with Crippen LogP contribution in [-0.2, 0) is 19.6 Å². The van der Waals surface area contributed by atoms with Crippen LogP contribution in [0.3, 0.4) is 0 Å². The Hall–Kier alpha value is -1.93. The van der Waals surface area contributed by atoms with E-state index in [0.717, 1.165) is 5.69 Å². The number of hydrogen-bond acceptors (Lipinski definition) is 5. The molecule has 1 heterocycles. The Bertz CT molecular complexity index is 629. The van der Waals surface area contributed by atoms with Crippen molar-refractivity contribution in [2.24, 2.45) is 0 Å². The Morgan fingerprint density at radius 1 is 1.19 bits per heavy atom. The second kappa shape index (κ2) is 6.23.